The monoisotopic (exact) mass is 348 g/mol. The summed E-state index contributed by atoms with van der Waals surface area (Å²) in [5, 5.41) is 2.41. The molecule has 1 aliphatic rings. The minimum Gasteiger partial charge on any atom is -0.466 e. The lowest BCUT2D eigenvalue weighted by Gasteiger charge is -2.15. The third-order valence-corrected chi connectivity index (χ3v) is 4.34. The van der Waals surface area contributed by atoms with Crippen molar-refractivity contribution in [3.8, 4) is 23.5 Å². The fourth-order valence-electron chi connectivity index (χ4n) is 3.16. The van der Waals surface area contributed by atoms with Crippen LogP contribution in [0.4, 0.5) is 4.79 Å². The smallest absolute Gasteiger partial charge is 0.409 e. The summed E-state index contributed by atoms with van der Waals surface area (Å²) in [6, 6.07) is 15.0. The highest BCUT2D eigenvalue weighted by Crippen LogP contribution is 2.44. The van der Waals surface area contributed by atoms with E-state index in [9.17, 15) is 9.59 Å². The van der Waals surface area contributed by atoms with Crippen LogP contribution in [-0.4, -0.2) is 31.8 Å². The van der Waals surface area contributed by atoms with E-state index >= 15 is 0 Å². The van der Waals surface area contributed by atoms with Crippen LogP contribution in [0.1, 0.15) is 17.0 Å². The van der Waals surface area contributed by atoms with Crippen LogP contribution in [0.3, 0.4) is 0 Å². The van der Waals surface area contributed by atoms with Crippen molar-refractivity contribution in [3.05, 3.63) is 66.1 Å². The van der Waals surface area contributed by atoms with E-state index in [0.29, 0.717) is 0 Å². The summed E-state index contributed by atoms with van der Waals surface area (Å²) in [5.74, 6) is 1.51. The van der Waals surface area contributed by atoms with Gasteiger partial charge in [-0.3, -0.25) is 5.32 Å². The predicted octanol–water partition coefficient (Wildman–Crippen LogP) is 2.90. The first kappa shape index (κ1) is 17.4. The van der Waals surface area contributed by atoms with Crippen LogP contribution < -0.4 is 5.32 Å². The van der Waals surface area contributed by atoms with Crippen molar-refractivity contribution in [2.75, 3.05) is 13.7 Å². The number of terminal acetylenes is 1. The summed E-state index contributed by atoms with van der Waals surface area (Å²) in [6.07, 6.45) is 5.65. The van der Waals surface area contributed by atoms with Gasteiger partial charge in [-0.1, -0.05) is 48.5 Å². The number of rotatable bonds is 5. The molecule has 1 aliphatic carbocycles. The number of carbonyl (C=O) groups excluding carboxylic acids is 2. The number of fused-ring (bicyclic) bond motifs is 3. The summed E-state index contributed by atoms with van der Waals surface area (Å²) in [4.78, 5) is 23.7. The van der Waals surface area contributed by atoms with Crippen molar-refractivity contribution in [3.63, 3.8) is 0 Å². The molecule has 0 spiro atoms. The lowest BCUT2D eigenvalue weighted by Crippen LogP contribution is -2.42. The predicted molar refractivity (Wildman–Crippen MR) is 97.1 cm³/mol. The maximum Gasteiger partial charge on any atom is 0.409 e. The van der Waals surface area contributed by atoms with Crippen LogP contribution in [0.2, 0.25) is 0 Å². The zero-order chi connectivity index (χ0) is 18.5. The van der Waals surface area contributed by atoms with Crippen LogP contribution >= 0.6 is 0 Å². The molecule has 0 saturated carbocycles. The van der Waals surface area contributed by atoms with Gasteiger partial charge in [-0.25, -0.2) is 9.59 Å². The molecule has 2 aromatic rings. The first-order valence-corrected chi connectivity index (χ1v) is 8.14. The summed E-state index contributed by atoms with van der Waals surface area (Å²) in [6.45, 7) is 0.157. The Hall–Kier alpha value is -3.39. The number of alkyl carbamates (subject to hydrolysis) is 1. The zero-order valence-corrected chi connectivity index (χ0v) is 14.3. The molecule has 0 fully saturated rings. The second-order valence-corrected chi connectivity index (χ2v) is 5.80. The van der Waals surface area contributed by atoms with Crippen molar-refractivity contribution in [2.45, 2.75) is 12.0 Å². The number of amides is 1. The number of hydrogen-bond acceptors (Lipinski definition) is 4. The van der Waals surface area contributed by atoms with Gasteiger partial charge in [0, 0.05) is 5.92 Å². The molecular formula is C21H18NO4+. The van der Waals surface area contributed by atoms with Crippen LogP contribution in [0.25, 0.3) is 11.1 Å². The van der Waals surface area contributed by atoms with Gasteiger partial charge in [0.15, 0.2) is 0 Å². The number of hydrogen-bond donors (Lipinski definition) is 1. The van der Waals surface area contributed by atoms with Gasteiger partial charge < -0.3 is 9.47 Å². The molecule has 1 N–H and O–H groups in total. The molecule has 5 nitrogen and oxygen atoms in total. The quantitative estimate of drug-likeness (QED) is 0.513. The van der Waals surface area contributed by atoms with E-state index in [1.54, 1.807) is 0 Å². The highest BCUT2D eigenvalue weighted by Gasteiger charge is 2.30. The van der Waals surface area contributed by atoms with E-state index in [-0.39, 0.29) is 12.5 Å². The lowest BCUT2D eigenvalue weighted by molar-refractivity contribution is -0.141. The minimum atomic E-state index is -1.04. The molecular weight excluding hydrogens is 330 g/mol. The van der Waals surface area contributed by atoms with E-state index in [1.807, 2.05) is 36.4 Å². The zero-order valence-electron chi connectivity index (χ0n) is 14.3. The molecule has 0 radical (unpaired) electrons. The molecule has 1 atom stereocenters. The second-order valence-electron chi connectivity index (χ2n) is 5.80. The summed E-state index contributed by atoms with van der Waals surface area (Å²) in [5.41, 5.74) is 4.51. The Morgan fingerprint density at radius 1 is 1.15 bits per heavy atom. The van der Waals surface area contributed by atoms with E-state index in [0.717, 1.165) is 22.3 Å². The summed E-state index contributed by atoms with van der Waals surface area (Å²) in [7, 11) is 1.22. The molecule has 3 rings (SSSR count). The van der Waals surface area contributed by atoms with E-state index in [4.69, 9.17) is 11.2 Å². The summed E-state index contributed by atoms with van der Waals surface area (Å²) < 4.78 is 9.97. The van der Waals surface area contributed by atoms with Crippen molar-refractivity contribution >= 4 is 12.1 Å². The molecule has 0 bridgehead atoms. The molecule has 130 valence electrons. The third kappa shape index (κ3) is 3.35. The van der Waals surface area contributed by atoms with Gasteiger partial charge in [-0.05, 0) is 22.3 Å². The van der Waals surface area contributed by atoms with Crippen LogP contribution in [0.5, 0.6) is 0 Å². The molecule has 1 unspecified atom stereocenters. The molecule has 26 heavy (non-hydrogen) atoms. The van der Waals surface area contributed by atoms with E-state index in [1.165, 1.54) is 13.5 Å². The number of esters is 1. The van der Waals surface area contributed by atoms with E-state index < -0.39 is 18.1 Å². The first-order valence-electron chi connectivity index (χ1n) is 8.14. The number of carbonyl (C=O) groups is 2. The highest BCUT2D eigenvalue weighted by molar-refractivity contribution is 5.83. The van der Waals surface area contributed by atoms with Gasteiger partial charge in [0.1, 0.15) is 25.4 Å². The normalized spacial score (nSPS) is 12.9. The molecule has 0 saturated heterocycles. The van der Waals surface area contributed by atoms with Gasteiger partial charge in [-0.2, -0.15) is 0 Å². The number of benzene rings is 2. The lowest BCUT2D eigenvalue weighted by atomic mass is 9.98. The van der Waals surface area contributed by atoms with Gasteiger partial charge in [0.25, 0.3) is 0 Å². The largest absolute Gasteiger partial charge is 0.466 e. The van der Waals surface area contributed by atoms with Crippen molar-refractivity contribution in [2.24, 2.45) is 0 Å². The molecule has 0 aromatic heterocycles. The molecule has 0 aliphatic heterocycles. The van der Waals surface area contributed by atoms with Crippen LogP contribution in [0, 0.1) is 18.8 Å². The fraction of sp³-hybridized carbons (Fsp3) is 0.190. The first-order chi connectivity index (χ1) is 12.7. The highest BCUT2D eigenvalue weighted by atomic mass is 16.6. The standard InChI is InChI=1S/C21H17NO4/c1-3-8-19(20(23)25-2)22-21(24)26-13-18-16-11-6-4-9-14(16)15-10-5-7-12-17(15)18/h1,4-12,18-19H,13H2,2H3/p+1. The Bertz CT molecular complexity index is 823. The van der Waals surface area contributed by atoms with Crippen LogP contribution in [-0.2, 0) is 14.3 Å². The Balaban J connectivity index is 1.71. The van der Waals surface area contributed by atoms with Gasteiger partial charge in [0.05, 0.1) is 7.11 Å². The Labute approximate surface area is 152 Å². The SMILES string of the molecule is C#C[CH+]C(NC(=O)OCC1c2ccccc2-c2ccccc21)C(=O)OC. The van der Waals surface area contributed by atoms with E-state index in [2.05, 4.69) is 28.1 Å². The maximum atomic E-state index is 12.1. The average Bonchev–Trinajstić information content (AvgIpc) is 2.99. The summed E-state index contributed by atoms with van der Waals surface area (Å²) >= 11 is 0. The van der Waals surface area contributed by atoms with Crippen molar-refractivity contribution in [1.82, 2.24) is 5.32 Å². The van der Waals surface area contributed by atoms with Gasteiger partial charge in [0.2, 0.25) is 6.04 Å². The third-order valence-electron chi connectivity index (χ3n) is 4.34. The molecule has 0 heterocycles. The van der Waals surface area contributed by atoms with Crippen molar-refractivity contribution < 1.29 is 19.1 Å². The van der Waals surface area contributed by atoms with Crippen LogP contribution in [0.15, 0.2) is 48.5 Å². The fourth-order valence-corrected chi connectivity index (χ4v) is 3.16. The Kier molecular flexibility index (Phi) is 5.14. The topological polar surface area (TPSA) is 64.6 Å². The average molecular weight is 348 g/mol. The van der Waals surface area contributed by atoms with Gasteiger partial charge in [-0.15, -0.1) is 0 Å². The Morgan fingerprint density at radius 2 is 1.73 bits per heavy atom. The number of ether oxygens (including phenoxy) is 2. The number of nitrogens with one attached hydrogen (secondary N) is 1. The minimum absolute atomic E-state index is 0.0543. The van der Waals surface area contributed by atoms with Crippen molar-refractivity contribution in [1.29, 1.82) is 0 Å². The molecule has 2 aromatic carbocycles. The van der Waals surface area contributed by atoms with Gasteiger partial charge >= 0.3 is 12.1 Å². The molecule has 5 heteroatoms. The Morgan fingerprint density at radius 3 is 2.27 bits per heavy atom. The molecule has 1 amide bonds. The second kappa shape index (κ2) is 7.66. The maximum absolute atomic E-state index is 12.1. The number of methoxy groups -OCH3 is 1.